The third-order valence-corrected chi connectivity index (χ3v) is 2.70. The number of nitrogens with two attached hydrogens (primary N) is 1. The lowest BCUT2D eigenvalue weighted by molar-refractivity contribution is 0.185. The molecular weight excluding hydrogens is 200 g/mol. The van der Waals surface area contributed by atoms with Gasteiger partial charge in [0.25, 0.3) is 0 Å². The van der Waals surface area contributed by atoms with Crippen LogP contribution in [0, 0.1) is 0 Å². The van der Waals surface area contributed by atoms with Crippen LogP contribution in [0.1, 0.15) is 25.8 Å². The zero-order valence-electron chi connectivity index (χ0n) is 10.2. The summed E-state index contributed by atoms with van der Waals surface area (Å²) in [4.78, 5) is 2.35. The number of nitrogens with zero attached hydrogens (tertiary/aromatic N) is 1. The van der Waals surface area contributed by atoms with Crippen LogP contribution in [0.3, 0.4) is 0 Å². The Kier molecular flexibility index (Phi) is 5.29. The molecule has 0 radical (unpaired) electrons. The standard InChI is InChI=1S/C13H22N2O/c1-11(2)15(8-3-9-16)10-12-4-6-13(14)7-5-12/h4-7,11,16H,3,8-10,14H2,1-2H3. The molecule has 3 N–H and O–H groups in total. The summed E-state index contributed by atoms with van der Waals surface area (Å²) >= 11 is 0. The average molecular weight is 222 g/mol. The van der Waals surface area contributed by atoms with Crippen molar-refractivity contribution in [3.63, 3.8) is 0 Å². The Bertz CT molecular complexity index is 295. The number of rotatable bonds is 6. The van der Waals surface area contributed by atoms with Crippen molar-refractivity contribution in [2.75, 3.05) is 18.9 Å². The fourth-order valence-electron chi connectivity index (χ4n) is 1.65. The Labute approximate surface area is 97.9 Å². The van der Waals surface area contributed by atoms with E-state index in [1.54, 1.807) is 0 Å². The number of hydrogen-bond acceptors (Lipinski definition) is 3. The lowest BCUT2D eigenvalue weighted by atomic mass is 10.1. The van der Waals surface area contributed by atoms with Crippen LogP contribution in [0.4, 0.5) is 5.69 Å². The first kappa shape index (κ1) is 13.0. The second kappa shape index (κ2) is 6.51. The van der Waals surface area contributed by atoms with Gasteiger partial charge in [-0.3, -0.25) is 4.90 Å². The van der Waals surface area contributed by atoms with E-state index in [1.807, 2.05) is 12.1 Å². The Morgan fingerprint density at radius 1 is 1.25 bits per heavy atom. The first-order valence-electron chi connectivity index (χ1n) is 5.83. The van der Waals surface area contributed by atoms with Gasteiger partial charge in [-0.15, -0.1) is 0 Å². The van der Waals surface area contributed by atoms with E-state index < -0.39 is 0 Å². The van der Waals surface area contributed by atoms with Gasteiger partial charge in [-0.1, -0.05) is 12.1 Å². The van der Waals surface area contributed by atoms with Crippen LogP contribution < -0.4 is 5.73 Å². The Morgan fingerprint density at radius 2 is 1.88 bits per heavy atom. The van der Waals surface area contributed by atoms with Crippen LogP contribution in [0.2, 0.25) is 0 Å². The van der Waals surface area contributed by atoms with E-state index in [1.165, 1.54) is 5.56 Å². The molecule has 1 aromatic carbocycles. The molecule has 0 aliphatic rings. The summed E-state index contributed by atoms with van der Waals surface area (Å²) in [5.74, 6) is 0. The molecule has 16 heavy (non-hydrogen) atoms. The SMILES string of the molecule is CC(C)N(CCCO)Cc1ccc(N)cc1. The number of benzene rings is 1. The van der Waals surface area contributed by atoms with Crippen LogP contribution in [0.15, 0.2) is 24.3 Å². The predicted molar refractivity (Wildman–Crippen MR) is 68.1 cm³/mol. The lowest BCUT2D eigenvalue weighted by Gasteiger charge is -2.26. The number of anilines is 1. The topological polar surface area (TPSA) is 49.5 Å². The van der Waals surface area contributed by atoms with Gasteiger partial charge in [-0.05, 0) is 38.0 Å². The number of hydrogen-bond donors (Lipinski definition) is 2. The number of nitrogen functional groups attached to an aromatic ring is 1. The Balaban J connectivity index is 2.57. The van der Waals surface area contributed by atoms with Crippen LogP contribution in [0.5, 0.6) is 0 Å². The molecule has 3 heteroatoms. The maximum absolute atomic E-state index is 8.86. The molecule has 0 saturated heterocycles. The molecule has 3 nitrogen and oxygen atoms in total. The van der Waals surface area contributed by atoms with Crippen molar-refractivity contribution >= 4 is 5.69 Å². The molecule has 0 aliphatic carbocycles. The first-order chi connectivity index (χ1) is 7.63. The molecule has 0 spiro atoms. The molecule has 90 valence electrons. The summed E-state index contributed by atoms with van der Waals surface area (Å²) in [6.45, 7) is 6.45. The summed E-state index contributed by atoms with van der Waals surface area (Å²) in [7, 11) is 0. The van der Waals surface area contributed by atoms with Crippen molar-refractivity contribution < 1.29 is 5.11 Å². The Morgan fingerprint density at radius 3 is 2.38 bits per heavy atom. The van der Waals surface area contributed by atoms with Crippen molar-refractivity contribution in [2.24, 2.45) is 0 Å². The van der Waals surface area contributed by atoms with Crippen molar-refractivity contribution in [2.45, 2.75) is 32.9 Å². The van der Waals surface area contributed by atoms with Crippen LogP contribution in [0.25, 0.3) is 0 Å². The highest BCUT2D eigenvalue weighted by Crippen LogP contribution is 2.11. The molecule has 0 aromatic heterocycles. The number of aliphatic hydroxyl groups excluding tert-OH is 1. The van der Waals surface area contributed by atoms with E-state index in [2.05, 4.69) is 30.9 Å². The van der Waals surface area contributed by atoms with E-state index in [0.29, 0.717) is 6.04 Å². The zero-order chi connectivity index (χ0) is 12.0. The third kappa shape index (κ3) is 4.21. The second-order valence-corrected chi connectivity index (χ2v) is 4.38. The maximum Gasteiger partial charge on any atom is 0.0443 e. The normalized spacial score (nSPS) is 11.3. The van der Waals surface area contributed by atoms with E-state index in [-0.39, 0.29) is 6.61 Å². The zero-order valence-corrected chi connectivity index (χ0v) is 10.2. The highest BCUT2D eigenvalue weighted by atomic mass is 16.3. The van der Waals surface area contributed by atoms with Crippen molar-refractivity contribution in [3.05, 3.63) is 29.8 Å². The minimum absolute atomic E-state index is 0.255. The summed E-state index contributed by atoms with van der Waals surface area (Å²) in [5, 5.41) is 8.86. The van der Waals surface area contributed by atoms with Crippen LogP contribution in [-0.2, 0) is 6.54 Å². The lowest BCUT2D eigenvalue weighted by Crippen LogP contribution is -2.31. The quantitative estimate of drug-likeness (QED) is 0.722. The smallest absolute Gasteiger partial charge is 0.0443 e. The van der Waals surface area contributed by atoms with Gasteiger partial charge in [0, 0.05) is 31.4 Å². The second-order valence-electron chi connectivity index (χ2n) is 4.38. The molecule has 1 rings (SSSR count). The molecule has 0 fully saturated rings. The minimum atomic E-state index is 0.255. The minimum Gasteiger partial charge on any atom is -0.399 e. The first-order valence-corrected chi connectivity index (χ1v) is 5.83. The Hall–Kier alpha value is -1.06. The monoisotopic (exact) mass is 222 g/mol. The fraction of sp³-hybridized carbons (Fsp3) is 0.538. The van der Waals surface area contributed by atoms with Gasteiger partial charge >= 0.3 is 0 Å². The fourth-order valence-corrected chi connectivity index (χ4v) is 1.65. The summed E-state index contributed by atoms with van der Waals surface area (Å²) in [6, 6.07) is 8.47. The molecule has 0 aliphatic heterocycles. The van der Waals surface area contributed by atoms with Gasteiger partial charge in [0.15, 0.2) is 0 Å². The molecule has 0 atom stereocenters. The van der Waals surface area contributed by atoms with Gasteiger partial charge in [0.05, 0.1) is 0 Å². The number of aliphatic hydroxyl groups is 1. The van der Waals surface area contributed by atoms with E-state index in [9.17, 15) is 0 Å². The molecule has 0 saturated carbocycles. The van der Waals surface area contributed by atoms with Gasteiger partial charge in [-0.25, -0.2) is 0 Å². The predicted octanol–water partition coefficient (Wildman–Crippen LogP) is 1.86. The maximum atomic E-state index is 8.86. The van der Waals surface area contributed by atoms with Crippen molar-refractivity contribution in [1.29, 1.82) is 0 Å². The average Bonchev–Trinajstić information content (AvgIpc) is 2.26. The van der Waals surface area contributed by atoms with E-state index in [4.69, 9.17) is 10.8 Å². The molecule has 0 unspecified atom stereocenters. The molecule has 0 bridgehead atoms. The summed E-state index contributed by atoms with van der Waals surface area (Å²) in [5.41, 5.74) is 7.72. The van der Waals surface area contributed by atoms with E-state index in [0.717, 1.165) is 25.2 Å². The molecular formula is C13H22N2O. The summed E-state index contributed by atoms with van der Waals surface area (Å²) < 4.78 is 0. The largest absolute Gasteiger partial charge is 0.399 e. The van der Waals surface area contributed by atoms with Crippen LogP contribution in [-0.4, -0.2) is 29.2 Å². The van der Waals surface area contributed by atoms with Crippen LogP contribution >= 0.6 is 0 Å². The van der Waals surface area contributed by atoms with Gasteiger partial charge in [0.1, 0.15) is 0 Å². The molecule has 0 heterocycles. The van der Waals surface area contributed by atoms with Gasteiger partial charge in [0.2, 0.25) is 0 Å². The summed E-state index contributed by atoms with van der Waals surface area (Å²) in [6.07, 6.45) is 0.827. The van der Waals surface area contributed by atoms with Gasteiger partial charge < -0.3 is 10.8 Å². The third-order valence-electron chi connectivity index (χ3n) is 2.70. The highest BCUT2D eigenvalue weighted by molar-refractivity contribution is 5.39. The molecule has 0 amide bonds. The molecule has 1 aromatic rings. The van der Waals surface area contributed by atoms with Crippen molar-refractivity contribution in [3.8, 4) is 0 Å². The van der Waals surface area contributed by atoms with Gasteiger partial charge in [-0.2, -0.15) is 0 Å². The highest BCUT2D eigenvalue weighted by Gasteiger charge is 2.09. The van der Waals surface area contributed by atoms with E-state index >= 15 is 0 Å². The van der Waals surface area contributed by atoms with Crippen molar-refractivity contribution in [1.82, 2.24) is 4.90 Å².